The molecule has 0 aliphatic heterocycles. The van der Waals surface area contributed by atoms with Crippen LogP contribution in [0.1, 0.15) is 19.3 Å². The Morgan fingerprint density at radius 2 is 0.789 bits per heavy atom. The van der Waals surface area contributed by atoms with E-state index in [0.717, 1.165) is 0 Å². The Morgan fingerprint density at radius 3 is 0.789 bits per heavy atom. The van der Waals surface area contributed by atoms with Crippen LogP contribution in [0.25, 0.3) is 0 Å². The zero-order chi connectivity index (χ0) is 15.0. The second kappa shape index (κ2) is 23.8. The van der Waals surface area contributed by atoms with E-state index in [1.165, 1.54) is 0 Å². The molecule has 0 bridgehead atoms. The van der Waals surface area contributed by atoms with Crippen molar-refractivity contribution >= 4 is 91.5 Å². The monoisotopic (exact) mass is 568 g/mol. The van der Waals surface area contributed by atoms with E-state index >= 15 is 0 Å². The van der Waals surface area contributed by atoms with Crippen LogP contribution >= 0.6 is 47.8 Å². The van der Waals surface area contributed by atoms with Crippen LogP contribution in [0, 0.1) is 0 Å². The topological polar surface area (TPSA) is 120 Å². The van der Waals surface area contributed by atoms with E-state index in [1.54, 1.807) is 0 Å². The number of hydrogen-bond acceptors (Lipinski definition) is 6. The van der Waals surface area contributed by atoms with E-state index in [4.69, 9.17) is 0 Å². The minimum Gasteiger partial charge on any atom is -0.550 e. The fraction of sp³-hybridized carbons (Fsp3) is 0.667. The van der Waals surface area contributed by atoms with Crippen LogP contribution in [0.4, 0.5) is 0 Å². The summed E-state index contributed by atoms with van der Waals surface area (Å²) in [4.78, 5) is 28.4. The Labute approximate surface area is 155 Å². The van der Waals surface area contributed by atoms with Crippen LogP contribution in [0.2, 0.25) is 0 Å². The number of carbonyl (C=O) groups is 3. The van der Waals surface area contributed by atoms with Gasteiger partial charge < -0.3 is 29.7 Å². The molecule has 0 saturated heterocycles. The third-order valence-corrected chi connectivity index (χ3v) is 2.09. The van der Waals surface area contributed by atoms with Crippen LogP contribution in [-0.4, -0.2) is 59.7 Å². The largest absolute Gasteiger partial charge is 3.00 e. The van der Waals surface area contributed by atoms with E-state index in [1.807, 2.05) is 0 Å². The van der Waals surface area contributed by atoms with Crippen LogP contribution < -0.4 is 15.3 Å². The van der Waals surface area contributed by atoms with Crippen molar-refractivity contribution in [1.82, 2.24) is 0 Å². The van der Waals surface area contributed by atoms with Gasteiger partial charge in [0.15, 0.2) is 0 Å². The summed E-state index contributed by atoms with van der Waals surface area (Å²) in [5.74, 6) is -3.02. The van der Waals surface area contributed by atoms with Gasteiger partial charge in [-0.25, -0.2) is 0 Å². The number of carboxylic acids is 3. The minimum atomic E-state index is -1.01. The normalized spacial score (nSPS) is 7.74. The van der Waals surface area contributed by atoms with Crippen LogP contribution in [-0.2, 0) is 14.4 Å². The molecule has 108 valence electrons. The van der Waals surface area contributed by atoms with Crippen molar-refractivity contribution in [2.45, 2.75) is 19.3 Å². The molecule has 19 heavy (non-hydrogen) atoms. The molecule has 0 aliphatic carbocycles. The summed E-state index contributed by atoms with van der Waals surface area (Å²) < 4.78 is 0. The molecule has 0 atom stereocenters. The Kier molecular flexibility index (Phi) is 35.0. The molecule has 0 amide bonds. The van der Waals surface area contributed by atoms with Gasteiger partial charge in [0.1, 0.15) is 0 Å². The maximum Gasteiger partial charge on any atom is 3.00 e. The summed E-state index contributed by atoms with van der Waals surface area (Å²) in [5.41, 5.74) is 0. The molecule has 0 spiro atoms. The first-order valence-corrected chi connectivity index (χ1v) is 7.95. The Morgan fingerprint density at radius 1 is 0.632 bits per heavy atom. The predicted molar refractivity (Wildman–Crippen MR) is 76.0 cm³/mol. The van der Waals surface area contributed by atoms with Gasteiger partial charge in [0.2, 0.25) is 0 Å². The molecular weight excluding hydrogens is 559 g/mol. The van der Waals surface area contributed by atoms with Crippen LogP contribution in [0.3, 0.4) is 0 Å². The predicted octanol–water partition coefficient (Wildman–Crippen LogP) is -1.82. The number of carboxylic acid groups (broad SMARTS) is 3. The molecule has 0 radical (unpaired) electrons. The van der Waals surface area contributed by atoms with Crippen molar-refractivity contribution in [3.63, 3.8) is 0 Å². The molecule has 0 aromatic rings. The van der Waals surface area contributed by atoms with E-state index in [0.29, 0.717) is 16.0 Å². The maximum absolute atomic E-state index is 9.46. The molecule has 0 unspecified atom stereocenters. The number of halogens is 3. The van der Waals surface area contributed by atoms with E-state index < -0.39 is 17.9 Å². The van der Waals surface area contributed by atoms with Gasteiger partial charge in [0, 0.05) is 33.9 Å². The average Bonchev–Trinajstić information content (AvgIpc) is 2.18. The number of hydrogen-bond donors (Lipinski definition) is 0. The first kappa shape index (κ1) is 28.0. The second-order valence-corrected chi connectivity index (χ2v) is 4.81. The fourth-order valence-corrected chi connectivity index (χ4v) is 1.20. The third-order valence-electron chi connectivity index (χ3n) is 0.896. The van der Waals surface area contributed by atoms with E-state index in [2.05, 4.69) is 47.8 Å². The molecule has 0 saturated carbocycles. The van der Waals surface area contributed by atoms with Crippen LogP contribution in [0.15, 0.2) is 0 Å². The van der Waals surface area contributed by atoms with Gasteiger partial charge in [0.05, 0.1) is 0 Å². The third kappa shape index (κ3) is 55.4. The Balaban J connectivity index is -0.0000000865. The van der Waals surface area contributed by atoms with Gasteiger partial charge in [0.25, 0.3) is 0 Å². The van der Waals surface area contributed by atoms with Gasteiger partial charge in [-0.15, -0.1) is 0 Å². The molecule has 0 N–H and O–H groups in total. The minimum absolute atomic E-state index is 0. The Hall–Kier alpha value is 0.720. The molecule has 0 aliphatic rings. The van der Waals surface area contributed by atoms with Crippen molar-refractivity contribution in [3.8, 4) is 0 Å². The molecule has 10 heteroatoms. The van der Waals surface area contributed by atoms with Crippen molar-refractivity contribution in [1.29, 1.82) is 0 Å². The standard InChI is InChI=1S/3C3H5BrO2.In/c3*4-2-1-3(5)6;/h3*1-2H2,(H,5,6);/q;;;+3/p-3. The molecule has 0 heterocycles. The number of alkyl halides is 3. The molecule has 0 aromatic carbocycles. The smallest absolute Gasteiger partial charge is 0.550 e. The quantitative estimate of drug-likeness (QED) is 0.347. The van der Waals surface area contributed by atoms with Gasteiger partial charge in [-0.2, -0.15) is 0 Å². The first-order chi connectivity index (χ1) is 8.31. The fourth-order valence-electron chi connectivity index (χ4n) is 0.231. The summed E-state index contributed by atoms with van der Waals surface area (Å²) in [5, 5.41) is 29.8. The molecule has 0 rings (SSSR count). The summed E-state index contributed by atoms with van der Waals surface area (Å²) >= 11 is 8.79. The van der Waals surface area contributed by atoms with E-state index in [-0.39, 0.29) is 45.1 Å². The van der Waals surface area contributed by atoms with Gasteiger partial charge in [-0.05, 0) is 19.3 Å². The Bertz CT molecular complexity index is 202. The maximum atomic E-state index is 9.46. The number of carbonyl (C=O) groups excluding carboxylic acids is 3. The molecule has 0 aromatic heterocycles. The SMILES string of the molecule is O=C([O-])CCBr.O=C([O-])CCBr.O=C([O-])CCBr.[In+3]. The van der Waals surface area contributed by atoms with Crippen molar-refractivity contribution in [2.24, 2.45) is 0 Å². The van der Waals surface area contributed by atoms with Crippen molar-refractivity contribution < 1.29 is 29.7 Å². The number of rotatable bonds is 6. The van der Waals surface area contributed by atoms with Gasteiger partial charge >= 0.3 is 25.8 Å². The number of aliphatic carboxylic acids is 3. The van der Waals surface area contributed by atoms with Crippen molar-refractivity contribution in [2.75, 3.05) is 16.0 Å². The summed E-state index contributed by atoms with van der Waals surface area (Å²) in [7, 11) is 0. The zero-order valence-electron chi connectivity index (χ0n) is 9.90. The van der Waals surface area contributed by atoms with Gasteiger partial charge in [-0.1, -0.05) is 47.8 Å². The van der Waals surface area contributed by atoms with Crippen LogP contribution in [0.5, 0.6) is 0 Å². The van der Waals surface area contributed by atoms with Crippen molar-refractivity contribution in [3.05, 3.63) is 0 Å². The molecule has 0 fully saturated rings. The molecule has 6 nitrogen and oxygen atoms in total. The summed E-state index contributed by atoms with van der Waals surface area (Å²) in [6, 6.07) is 0. The zero-order valence-corrected chi connectivity index (χ0v) is 18.0. The summed E-state index contributed by atoms with van der Waals surface area (Å²) in [6.45, 7) is 0. The average molecular weight is 571 g/mol. The molecular formula is C9H12Br3InO6. The first-order valence-electron chi connectivity index (χ1n) is 4.59. The van der Waals surface area contributed by atoms with E-state index in [9.17, 15) is 29.7 Å². The summed E-state index contributed by atoms with van der Waals surface area (Å²) in [6.07, 6.45) is 0.292. The van der Waals surface area contributed by atoms with Gasteiger partial charge in [-0.3, -0.25) is 0 Å². The second-order valence-electron chi connectivity index (χ2n) is 2.43.